The molecule has 0 atom stereocenters. The number of aromatic nitrogens is 2. The molecule has 4 aromatic rings. The molecule has 2 aromatic carbocycles. The van der Waals surface area contributed by atoms with Crippen LogP contribution < -0.4 is 15.6 Å². The maximum absolute atomic E-state index is 12.7. The molecule has 0 spiro atoms. The topological polar surface area (TPSA) is 86.4 Å². The van der Waals surface area contributed by atoms with Gasteiger partial charge in [-0.25, -0.2) is 4.98 Å². The molecule has 0 saturated carbocycles. The highest BCUT2D eigenvalue weighted by Crippen LogP contribution is 2.24. The van der Waals surface area contributed by atoms with Gasteiger partial charge in [-0.2, -0.15) is 0 Å². The van der Waals surface area contributed by atoms with Crippen LogP contribution >= 0.6 is 0 Å². The predicted molar refractivity (Wildman–Crippen MR) is 111 cm³/mol. The maximum atomic E-state index is 12.7. The number of fused-ring (bicyclic) bond motifs is 3. The molecule has 7 heteroatoms. The molecular weight excluding hydrogens is 370 g/mol. The van der Waals surface area contributed by atoms with Crippen molar-refractivity contribution in [1.29, 1.82) is 0 Å². The molecule has 0 aliphatic carbocycles. The molecule has 0 aliphatic rings. The predicted octanol–water partition coefficient (Wildman–Crippen LogP) is 3.88. The normalized spacial score (nSPS) is 11.1. The average Bonchev–Trinajstić information content (AvgIpc) is 3.10. The van der Waals surface area contributed by atoms with Crippen molar-refractivity contribution in [1.82, 2.24) is 9.55 Å². The van der Waals surface area contributed by atoms with Crippen LogP contribution in [0, 0.1) is 6.92 Å². The van der Waals surface area contributed by atoms with Crippen molar-refractivity contribution in [2.75, 3.05) is 11.9 Å². The van der Waals surface area contributed by atoms with E-state index in [0.717, 1.165) is 23.1 Å². The summed E-state index contributed by atoms with van der Waals surface area (Å²) < 4.78 is 12.5. The van der Waals surface area contributed by atoms with Crippen LogP contribution in [0.3, 0.4) is 0 Å². The monoisotopic (exact) mass is 391 g/mol. The van der Waals surface area contributed by atoms with Gasteiger partial charge < -0.3 is 14.5 Å². The van der Waals surface area contributed by atoms with Crippen LogP contribution in [-0.2, 0) is 11.3 Å². The third-order valence-electron chi connectivity index (χ3n) is 4.61. The van der Waals surface area contributed by atoms with Gasteiger partial charge >= 0.3 is 0 Å². The molecule has 0 aliphatic heterocycles. The molecule has 2 aromatic heterocycles. The lowest BCUT2D eigenvalue weighted by Crippen LogP contribution is -2.27. The second kappa shape index (κ2) is 7.79. The zero-order chi connectivity index (χ0) is 20.4. The molecule has 4 rings (SSSR count). The summed E-state index contributed by atoms with van der Waals surface area (Å²) in [6, 6.07) is 12.8. The number of nitrogens with one attached hydrogen (secondary N) is 1. The standard InChI is InChI=1S/C22H21N3O4/c1-3-10-28-15-8-9-17(14(2)11-15)24-19(26)12-25-13-23-20-16-6-4-5-7-18(16)29-21(20)22(25)27/h4-9,11,13H,3,10,12H2,1-2H3,(H,24,26). The van der Waals surface area contributed by atoms with Crippen molar-refractivity contribution in [3.8, 4) is 5.75 Å². The van der Waals surface area contributed by atoms with Crippen molar-refractivity contribution < 1.29 is 13.9 Å². The minimum atomic E-state index is -0.388. The highest BCUT2D eigenvalue weighted by atomic mass is 16.5. The zero-order valence-corrected chi connectivity index (χ0v) is 16.3. The Morgan fingerprint density at radius 3 is 2.86 bits per heavy atom. The molecule has 29 heavy (non-hydrogen) atoms. The van der Waals surface area contributed by atoms with Gasteiger partial charge in [0.25, 0.3) is 5.56 Å². The summed E-state index contributed by atoms with van der Waals surface area (Å²) in [7, 11) is 0. The lowest BCUT2D eigenvalue weighted by Gasteiger charge is -2.11. The molecule has 1 N–H and O–H groups in total. The van der Waals surface area contributed by atoms with E-state index in [9.17, 15) is 9.59 Å². The van der Waals surface area contributed by atoms with E-state index in [1.807, 2.05) is 44.2 Å². The van der Waals surface area contributed by atoms with E-state index < -0.39 is 0 Å². The van der Waals surface area contributed by atoms with Gasteiger partial charge in [0.2, 0.25) is 11.5 Å². The summed E-state index contributed by atoms with van der Waals surface area (Å²) in [5.74, 6) is 0.438. The van der Waals surface area contributed by atoms with Crippen molar-refractivity contribution >= 4 is 33.7 Å². The molecule has 2 heterocycles. The summed E-state index contributed by atoms with van der Waals surface area (Å²) in [4.78, 5) is 29.5. The first kappa shape index (κ1) is 18.7. The minimum Gasteiger partial charge on any atom is -0.494 e. The van der Waals surface area contributed by atoms with E-state index in [-0.39, 0.29) is 23.6 Å². The van der Waals surface area contributed by atoms with Gasteiger partial charge in [0.05, 0.1) is 12.9 Å². The number of benzene rings is 2. The van der Waals surface area contributed by atoms with Crippen molar-refractivity contribution in [2.24, 2.45) is 0 Å². The quantitative estimate of drug-likeness (QED) is 0.539. The zero-order valence-electron chi connectivity index (χ0n) is 16.3. The van der Waals surface area contributed by atoms with Gasteiger partial charge in [-0.3, -0.25) is 14.2 Å². The van der Waals surface area contributed by atoms with Gasteiger partial charge in [-0.05, 0) is 49.2 Å². The van der Waals surface area contributed by atoms with Gasteiger partial charge in [0.1, 0.15) is 23.4 Å². The Hall–Kier alpha value is -3.61. The number of nitrogens with zero attached hydrogens (tertiary/aromatic N) is 2. The van der Waals surface area contributed by atoms with Gasteiger partial charge in [0, 0.05) is 11.1 Å². The lowest BCUT2D eigenvalue weighted by molar-refractivity contribution is -0.116. The first-order valence-electron chi connectivity index (χ1n) is 9.47. The Balaban J connectivity index is 1.54. The van der Waals surface area contributed by atoms with E-state index >= 15 is 0 Å². The van der Waals surface area contributed by atoms with Crippen LogP contribution in [0.5, 0.6) is 5.75 Å². The molecule has 7 nitrogen and oxygen atoms in total. The summed E-state index contributed by atoms with van der Waals surface area (Å²) in [5, 5.41) is 3.61. The fourth-order valence-corrected chi connectivity index (χ4v) is 3.16. The number of aryl methyl sites for hydroxylation is 1. The number of anilines is 1. The number of amides is 1. The van der Waals surface area contributed by atoms with Crippen LogP contribution in [0.25, 0.3) is 22.1 Å². The maximum Gasteiger partial charge on any atom is 0.297 e. The molecule has 0 fully saturated rings. The number of hydrogen-bond donors (Lipinski definition) is 1. The Labute approximate surface area is 166 Å². The van der Waals surface area contributed by atoms with Crippen LogP contribution in [0.2, 0.25) is 0 Å². The second-order valence-corrected chi connectivity index (χ2v) is 6.83. The summed E-state index contributed by atoms with van der Waals surface area (Å²) in [5.41, 5.74) is 2.41. The van der Waals surface area contributed by atoms with Crippen molar-refractivity contribution in [3.05, 3.63) is 64.7 Å². The van der Waals surface area contributed by atoms with Crippen LogP contribution in [-0.4, -0.2) is 22.1 Å². The fraction of sp³-hybridized carbons (Fsp3) is 0.227. The fourth-order valence-electron chi connectivity index (χ4n) is 3.16. The van der Waals surface area contributed by atoms with Gasteiger partial charge in [-0.1, -0.05) is 19.1 Å². The number of carbonyl (C=O) groups is 1. The van der Waals surface area contributed by atoms with Crippen LogP contribution in [0.4, 0.5) is 5.69 Å². The molecule has 0 radical (unpaired) electrons. The molecule has 0 unspecified atom stereocenters. The van der Waals surface area contributed by atoms with Crippen LogP contribution in [0.1, 0.15) is 18.9 Å². The van der Waals surface area contributed by atoms with Gasteiger partial charge in [-0.15, -0.1) is 0 Å². The van der Waals surface area contributed by atoms with E-state index in [0.29, 0.717) is 23.4 Å². The lowest BCUT2D eigenvalue weighted by atomic mass is 10.2. The number of hydrogen-bond acceptors (Lipinski definition) is 5. The minimum absolute atomic E-state index is 0.148. The Kier molecular flexibility index (Phi) is 5.03. The Bertz CT molecular complexity index is 1260. The van der Waals surface area contributed by atoms with Crippen LogP contribution in [0.15, 0.2) is 58.0 Å². The molecular formula is C22H21N3O4. The molecule has 0 bridgehead atoms. The number of carbonyl (C=O) groups excluding carboxylic acids is 1. The summed E-state index contributed by atoms with van der Waals surface area (Å²) >= 11 is 0. The third kappa shape index (κ3) is 3.71. The van der Waals surface area contributed by atoms with E-state index in [1.165, 1.54) is 10.9 Å². The number of ether oxygens (including phenoxy) is 1. The van der Waals surface area contributed by atoms with E-state index in [4.69, 9.17) is 9.15 Å². The molecule has 0 saturated heterocycles. The van der Waals surface area contributed by atoms with Crippen molar-refractivity contribution in [2.45, 2.75) is 26.8 Å². The SMILES string of the molecule is CCCOc1ccc(NC(=O)Cn2cnc3c(oc4ccccc43)c2=O)c(C)c1. The second-order valence-electron chi connectivity index (χ2n) is 6.83. The molecule has 148 valence electrons. The Morgan fingerprint density at radius 1 is 1.24 bits per heavy atom. The van der Waals surface area contributed by atoms with Crippen molar-refractivity contribution in [3.63, 3.8) is 0 Å². The first-order chi connectivity index (χ1) is 14.1. The third-order valence-corrected chi connectivity index (χ3v) is 4.61. The van der Waals surface area contributed by atoms with Gasteiger partial charge in [0.15, 0.2) is 0 Å². The smallest absolute Gasteiger partial charge is 0.297 e. The average molecular weight is 391 g/mol. The number of furan rings is 1. The molecule has 1 amide bonds. The number of para-hydroxylation sites is 1. The summed E-state index contributed by atoms with van der Waals surface area (Å²) in [6.45, 7) is 4.42. The first-order valence-corrected chi connectivity index (χ1v) is 9.47. The highest BCUT2D eigenvalue weighted by molar-refractivity contribution is 6.01. The van der Waals surface area contributed by atoms with E-state index in [2.05, 4.69) is 10.3 Å². The Morgan fingerprint density at radius 2 is 2.07 bits per heavy atom. The largest absolute Gasteiger partial charge is 0.494 e. The highest BCUT2D eigenvalue weighted by Gasteiger charge is 2.15. The number of rotatable bonds is 6. The summed E-state index contributed by atoms with van der Waals surface area (Å²) in [6.07, 6.45) is 2.30. The van der Waals surface area contributed by atoms with E-state index in [1.54, 1.807) is 12.1 Å².